The highest BCUT2D eigenvalue weighted by Gasteiger charge is 2.30. The second-order valence-electron chi connectivity index (χ2n) is 6.32. The Bertz CT molecular complexity index is 926. The molecule has 0 saturated heterocycles. The summed E-state index contributed by atoms with van der Waals surface area (Å²) in [7, 11) is 0. The topological polar surface area (TPSA) is 110 Å². The van der Waals surface area contributed by atoms with Gasteiger partial charge in [-0.25, -0.2) is 4.79 Å². The third-order valence-electron chi connectivity index (χ3n) is 4.24. The number of aromatic carboxylic acids is 1. The molecule has 1 unspecified atom stereocenters. The molecule has 0 aliphatic rings. The van der Waals surface area contributed by atoms with Crippen molar-refractivity contribution in [3.63, 3.8) is 0 Å². The molecule has 2 N–H and O–H groups in total. The molecule has 7 nitrogen and oxygen atoms in total. The SMILES string of the molecule is CC(NC(=O)CCc1ccc(C(F)(F)F)cc1)c1cc(C(=O)O)ccc1[N+](=O)[O-]. The third kappa shape index (κ3) is 5.77. The lowest BCUT2D eigenvalue weighted by molar-refractivity contribution is -0.385. The maximum absolute atomic E-state index is 12.6. The predicted molar refractivity (Wildman–Crippen MR) is 96.4 cm³/mol. The van der Waals surface area contributed by atoms with Crippen molar-refractivity contribution in [2.24, 2.45) is 0 Å². The molecule has 0 saturated carbocycles. The Labute approximate surface area is 163 Å². The number of carboxylic acid groups (broad SMARTS) is 1. The van der Waals surface area contributed by atoms with E-state index in [1.165, 1.54) is 19.1 Å². The first-order valence-corrected chi connectivity index (χ1v) is 8.46. The van der Waals surface area contributed by atoms with E-state index in [2.05, 4.69) is 5.32 Å². The van der Waals surface area contributed by atoms with Gasteiger partial charge in [-0.05, 0) is 43.2 Å². The van der Waals surface area contributed by atoms with Gasteiger partial charge < -0.3 is 10.4 Å². The Kier molecular flexibility index (Phi) is 6.57. The highest BCUT2D eigenvalue weighted by Crippen LogP contribution is 2.29. The number of nitrogens with zero attached hydrogens (tertiary/aromatic N) is 1. The molecule has 29 heavy (non-hydrogen) atoms. The molecule has 0 radical (unpaired) electrons. The van der Waals surface area contributed by atoms with Crippen LogP contribution in [0.15, 0.2) is 42.5 Å². The predicted octanol–water partition coefficient (Wildman–Crippen LogP) is 4.12. The molecular weight excluding hydrogens is 393 g/mol. The van der Waals surface area contributed by atoms with Crippen LogP contribution in [0.25, 0.3) is 0 Å². The molecule has 10 heteroatoms. The van der Waals surface area contributed by atoms with Crippen LogP contribution < -0.4 is 5.32 Å². The van der Waals surface area contributed by atoms with Crippen LogP contribution >= 0.6 is 0 Å². The molecule has 0 aromatic heterocycles. The fraction of sp³-hybridized carbons (Fsp3) is 0.263. The molecular formula is C19H17F3N2O5. The van der Waals surface area contributed by atoms with Gasteiger partial charge in [0.1, 0.15) is 0 Å². The normalized spacial score (nSPS) is 12.3. The third-order valence-corrected chi connectivity index (χ3v) is 4.24. The van der Waals surface area contributed by atoms with Gasteiger partial charge in [0.25, 0.3) is 5.69 Å². The number of nitro groups is 1. The minimum absolute atomic E-state index is 0.0396. The van der Waals surface area contributed by atoms with Crippen LogP contribution in [0.2, 0.25) is 0 Å². The van der Waals surface area contributed by atoms with E-state index in [4.69, 9.17) is 5.11 Å². The molecule has 0 bridgehead atoms. The fourth-order valence-corrected chi connectivity index (χ4v) is 2.71. The Morgan fingerprint density at radius 3 is 2.31 bits per heavy atom. The monoisotopic (exact) mass is 410 g/mol. The van der Waals surface area contributed by atoms with Gasteiger partial charge in [-0.15, -0.1) is 0 Å². The summed E-state index contributed by atoms with van der Waals surface area (Å²) in [6.07, 6.45) is -4.32. The van der Waals surface area contributed by atoms with Crippen molar-refractivity contribution in [1.82, 2.24) is 5.32 Å². The average molecular weight is 410 g/mol. The lowest BCUT2D eigenvalue weighted by Gasteiger charge is -2.15. The molecule has 0 fully saturated rings. The van der Waals surface area contributed by atoms with Gasteiger partial charge in [-0.2, -0.15) is 13.2 Å². The summed E-state index contributed by atoms with van der Waals surface area (Å²) in [4.78, 5) is 33.7. The number of hydrogen-bond donors (Lipinski definition) is 2. The number of carbonyl (C=O) groups excluding carboxylic acids is 1. The number of halogens is 3. The van der Waals surface area contributed by atoms with Gasteiger partial charge >= 0.3 is 12.1 Å². The maximum atomic E-state index is 12.6. The molecule has 1 amide bonds. The average Bonchev–Trinajstić information content (AvgIpc) is 2.65. The molecule has 0 aliphatic carbocycles. The summed E-state index contributed by atoms with van der Waals surface area (Å²) in [6, 6.07) is 6.86. The number of carboxylic acids is 1. The largest absolute Gasteiger partial charge is 0.478 e. The van der Waals surface area contributed by atoms with Gasteiger partial charge in [0, 0.05) is 12.5 Å². The van der Waals surface area contributed by atoms with Crippen molar-refractivity contribution >= 4 is 17.6 Å². The molecule has 0 spiro atoms. The molecule has 154 valence electrons. The van der Waals surface area contributed by atoms with E-state index in [-0.39, 0.29) is 29.7 Å². The highest BCUT2D eigenvalue weighted by atomic mass is 19.4. The van der Waals surface area contributed by atoms with Crippen LogP contribution in [-0.2, 0) is 17.4 Å². The quantitative estimate of drug-likeness (QED) is 0.527. The van der Waals surface area contributed by atoms with E-state index >= 15 is 0 Å². The first-order chi connectivity index (χ1) is 13.5. The van der Waals surface area contributed by atoms with E-state index in [9.17, 15) is 32.9 Å². The first kappa shape index (κ1) is 21.9. The smallest absolute Gasteiger partial charge is 0.416 e. The Hall–Kier alpha value is -3.43. The number of aryl methyl sites for hydroxylation is 1. The molecule has 1 atom stereocenters. The number of alkyl halides is 3. The minimum atomic E-state index is -4.44. The number of benzene rings is 2. The zero-order valence-corrected chi connectivity index (χ0v) is 15.2. The second kappa shape index (κ2) is 8.72. The lowest BCUT2D eigenvalue weighted by atomic mass is 10.0. The molecule has 2 rings (SSSR count). The summed E-state index contributed by atoms with van der Waals surface area (Å²) in [5.41, 5.74) is -0.704. The zero-order valence-electron chi connectivity index (χ0n) is 15.2. The Morgan fingerprint density at radius 2 is 1.79 bits per heavy atom. The van der Waals surface area contributed by atoms with Gasteiger partial charge in [0.15, 0.2) is 0 Å². The number of nitrogens with one attached hydrogen (secondary N) is 1. The Morgan fingerprint density at radius 1 is 1.17 bits per heavy atom. The van der Waals surface area contributed by atoms with Crippen molar-refractivity contribution in [3.05, 3.63) is 74.8 Å². The van der Waals surface area contributed by atoms with Crippen molar-refractivity contribution < 1.29 is 32.8 Å². The first-order valence-electron chi connectivity index (χ1n) is 8.46. The van der Waals surface area contributed by atoms with Gasteiger partial charge in [0.05, 0.1) is 27.7 Å². The molecule has 2 aromatic rings. The Balaban J connectivity index is 2.04. The van der Waals surface area contributed by atoms with Crippen LogP contribution in [0.1, 0.15) is 46.4 Å². The standard InChI is InChI=1S/C19H17F3N2O5/c1-11(15-10-13(18(26)27)5-8-16(15)24(28)29)23-17(25)9-4-12-2-6-14(7-3-12)19(20,21)22/h2-3,5-8,10-11H,4,9H2,1H3,(H,23,25)(H,26,27). The number of hydrogen-bond acceptors (Lipinski definition) is 4. The number of amides is 1. The maximum Gasteiger partial charge on any atom is 0.416 e. The van der Waals surface area contributed by atoms with Gasteiger partial charge in [-0.1, -0.05) is 12.1 Å². The van der Waals surface area contributed by atoms with Crippen LogP contribution in [0.5, 0.6) is 0 Å². The lowest BCUT2D eigenvalue weighted by Crippen LogP contribution is -2.27. The molecule has 0 aliphatic heterocycles. The van der Waals surface area contributed by atoms with Crippen LogP contribution in [0, 0.1) is 10.1 Å². The van der Waals surface area contributed by atoms with E-state index < -0.39 is 34.6 Å². The van der Waals surface area contributed by atoms with Crippen LogP contribution in [0.3, 0.4) is 0 Å². The van der Waals surface area contributed by atoms with Gasteiger partial charge in [-0.3, -0.25) is 14.9 Å². The number of nitro benzene ring substituents is 1. The van der Waals surface area contributed by atoms with E-state index in [1.807, 2.05) is 0 Å². The fourth-order valence-electron chi connectivity index (χ4n) is 2.71. The summed E-state index contributed by atoms with van der Waals surface area (Å²) < 4.78 is 37.7. The van der Waals surface area contributed by atoms with Crippen molar-refractivity contribution in [3.8, 4) is 0 Å². The van der Waals surface area contributed by atoms with Crippen molar-refractivity contribution in [2.45, 2.75) is 32.0 Å². The second-order valence-corrected chi connectivity index (χ2v) is 6.32. The van der Waals surface area contributed by atoms with E-state index in [0.29, 0.717) is 5.56 Å². The van der Waals surface area contributed by atoms with Crippen molar-refractivity contribution in [1.29, 1.82) is 0 Å². The summed E-state index contributed by atoms with van der Waals surface area (Å²) in [5, 5.41) is 22.8. The molecule has 0 heterocycles. The van der Waals surface area contributed by atoms with E-state index in [0.717, 1.165) is 30.3 Å². The number of carbonyl (C=O) groups is 2. The molecule has 2 aromatic carbocycles. The summed E-state index contributed by atoms with van der Waals surface area (Å²) in [6.45, 7) is 1.48. The van der Waals surface area contributed by atoms with Crippen LogP contribution in [-0.4, -0.2) is 21.9 Å². The van der Waals surface area contributed by atoms with Crippen molar-refractivity contribution in [2.75, 3.05) is 0 Å². The van der Waals surface area contributed by atoms with E-state index in [1.54, 1.807) is 0 Å². The highest BCUT2D eigenvalue weighted by molar-refractivity contribution is 5.88. The van der Waals surface area contributed by atoms with Gasteiger partial charge in [0.2, 0.25) is 5.91 Å². The van der Waals surface area contributed by atoms with Crippen LogP contribution in [0.4, 0.5) is 18.9 Å². The summed E-state index contributed by atoms with van der Waals surface area (Å²) in [5.74, 6) is -1.74. The summed E-state index contributed by atoms with van der Waals surface area (Å²) >= 11 is 0. The zero-order chi connectivity index (χ0) is 21.8. The number of rotatable bonds is 7. The minimum Gasteiger partial charge on any atom is -0.478 e.